The summed E-state index contributed by atoms with van der Waals surface area (Å²) >= 11 is 0. The van der Waals surface area contributed by atoms with Crippen molar-refractivity contribution in [3.63, 3.8) is 0 Å². The number of fused-ring (bicyclic) bond motifs is 1. The third-order valence-corrected chi connectivity index (χ3v) is 11.1. The molecule has 2 aromatic carbocycles. The van der Waals surface area contributed by atoms with Crippen LogP contribution in [0, 0.1) is 5.82 Å². The lowest BCUT2D eigenvalue weighted by molar-refractivity contribution is 0.0916. The van der Waals surface area contributed by atoms with Crippen molar-refractivity contribution in [2.45, 2.75) is 76.0 Å². The summed E-state index contributed by atoms with van der Waals surface area (Å²) in [4.78, 5) is 58.3. The molecule has 0 unspecified atom stereocenters. The zero-order chi connectivity index (χ0) is 35.6. The molecule has 11 nitrogen and oxygen atoms in total. The molecule has 3 fully saturated rings. The molecule has 2 aliphatic carbocycles. The number of benzene rings is 2. The van der Waals surface area contributed by atoms with E-state index in [4.69, 9.17) is 0 Å². The summed E-state index contributed by atoms with van der Waals surface area (Å²) in [5.41, 5.74) is 2.96. The minimum atomic E-state index is -0.652. The Bertz CT molecular complexity index is 2170. The summed E-state index contributed by atoms with van der Waals surface area (Å²) in [5, 5.41) is 3.03. The van der Waals surface area contributed by atoms with Crippen molar-refractivity contribution in [3.05, 3.63) is 117 Å². The Balaban J connectivity index is 1.02. The Morgan fingerprint density at radius 3 is 2.31 bits per heavy atom. The monoisotopic (exact) mass is 702 g/mol. The third kappa shape index (κ3) is 7.05. The third-order valence-electron chi connectivity index (χ3n) is 11.1. The highest BCUT2D eigenvalue weighted by Gasteiger charge is 2.29. The van der Waals surface area contributed by atoms with E-state index in [1.807, 2.05) is 24.3 Å². The lowest BCUT2D eigenvalue weighted by atomic mass is 9.90. The molecule has 3 aliphatic rings. The first-order valence-corrected chi connectivity index (χ1v) is 18.5. The van der Waals surface area contributed by atoms with Crippen LogP contribution in [-0.4, -0.2) is 78.1 Å². The highest BCUT2D eigenvalue weighted by Crippen LogP contribution is 2.29. The van der Waals surface area contributed by atoms with Crippen LogP contribution in [-0.2, 0) is 6.54 Å². The molecule has 1 saturated heterocycles. The fraction of sp³-hybridized carbons (Fsp3) is 0.400. The number of nitrogens with zero attached hydrogens (tertiary/aromatic N) is 7. The maximum atomic E-state index is 14.5. The van der Waals surface area contributed by atoms with Crippen molar-refractivity contribution in [3.8, 4) is 16.8 Å². The average molecular weight is 703 g/mol. The molecule has 0 radical (unpaired) electrons. The Labute approximate surface area is 301 Å². The van der Waals surface area contributed by atoms with Gasteiger partial charge in [0, 0.05) is 63.2 Å². The number of hydrogen-bond acceptors (Lipinski definition) is 8. The Kier molecular flexibility index (Phi) is 9.74. The standard InChI is InChI=1S/C40H43FN8O3/c41-30-23-35-37(44-24-30)48(40(52)49(39(35)51)33-14-12-31(13-15-33)45-38(50)36-25-42-16-17-43-36)34-7-3-4-29(22-34)28-10-8-27(9-11-28)26-46-18-20-47(21-19-46)32-5-1-2-6-32/h3-4,7-11,16-17,22-25,31-33H,1-2,5-6,12-15,18-21,26H2,(H,45,50)/t31-,33+. The number of halogens is 1. The first kappa shape index (κ1) is 34.0. The number of piperazine rings is 1. The van der Waals surface area contributed by atoms with Crippen LogP contribution >= 0.6 is 0 Å². The zero-order valence-electron chi connectivity index (χ0n) is 29.2. The average Bonchev–Trinajstić information content (AvgIpc) is 3.72. The molecular formula is C40H43FN8O3. The Morgan fingerprint density at radius 2 is 1.58 bits per heavy atom. The van der Waals surface area contributed by atoms with Gasteiger partial charge in [-0.05, 0) is 73.4 Å². The maximum absolute atomic E-state index is 14.5. The number of rotatable bonds is 8. The number of nitrogens with one attached hydrogen (secondary N) is 1. The van der Waals surface area contributed by atoms with E-state index in [1.54, 1.807) is 0 Å². The summed E-state index contributed by atoms with van der Waals surface area (Å²) < 4.78 is 17.2. The van der Waals surface area contributed by atoms with Gasteiger partial charge in [0.05, 0.1) is 23.5 Å². The number of pyridine rings is 1. The van der Waals surface area contributed by atoms with Gasteiger partial charge in [-0.3, -0.25) is 28.9 Å². The predicted molar refractivity (Wildman–Crippen MR) is 197 cm³/mol. The van der Waals surface area contributed by atoms with Crippen molar-refractivity contribution >= 4 is 16.9 Å². The number of hydrogen-bond donors (Lipinski definition) is 1. The second-order valence-corrected chi connectivity index (χ2v) is 14.4. The van der Waals surface area contributed by atoms with E-state index in [0.717, 1.165) is 62.2 Å². The molecule has 0 bridgehead atoms. The van der Waals surface area contributed by atoms with Crippen LogP contribution in [0.2, 0.25) is 0 Å². The first-order valence-electron chi connectivity index (χ1n) is 18.5. The number of carbonyl (C=O) groups is 1. The van der Waals surface area contributed by atoms with Gasteiger partial charge in [0.1, 0.15) is 11.5 Å². The lowest BCUT2D eigenvalue weighted by Crippen LogP contribution is -2.49. The molecule has 3 aromatic heterocycles. The second-order valence-electron chi connectivity index (χ2n) is 14.4. The van der Waals surface area contributed by atoms with Gasteiger partial charge in [-0.25, -0.2) is 23.7 Å². The largest absolute Gasteiger partial charge is 0.348 e. The molecule has 1 amide bonds. The zero-order valence-corrected chi connectivity index (χ0v) is 29.2. The summed E-state index contributed by atoms with van der Waals surface area (Å²) in [5.74, 6) is -0.966. The topological polar surface area (TPSA) is 118 Å². The van der Waals surface area contributed by atoms with Crippen molar-refractivity contribution in [1.29, 1.82) is 0 Å². The van der Waals surface area contributed by atoms with E-state index in [2.05, 4.69) is 54.3 Å². The summed E-state index contributed by atoms with van der Waals surface area (Å²) in [6.45, 7) is 5.38. The summed E-state index contributed by atoms with van der Waals surface area (Å²) in [6.07, 6.45) is 12.9. The molecular weight excluding hydrogens is 659 g/mol. The van der Waals surface area contributed by atoms with Crippen LogP contribution in [0.1, 0.15) is 73.5 Å². The fourth-order valence-electron chi connectivity index (χ4n) is 8.33. The van der Waals surface area contributed by atoms with Crippen LogP contribution in [0.5, 0.6) is 0 Å². The van der Waals surface area contributed by atoms with Crippen molar-refractivity contribution in [2.75, 3.05) is 26.2 Å². The van der Waals surface area contributed by atoms with Gasteiger partial charge >= 0.3 is 5.69 Å². The van der Waals surface area contributed by atoms with E-state index >= 15 is 0 Å². The van der Waals surface area contributed by atoms with Crippen LogP contribution in [0.4, 0.5) is 4.39 Å². The molecule has 1 aliphatic heterocycles. The first-order chi connectivity index (χ1) is 25.4. The van der Waals surface area contributed by atoms with Crippen molar-refractivity contribution < 1.29 is 9.18 Å². The SMILES string of the molecule is O=C(N[C@H]1CC[C@@H](n2c(=O)c3cc(F)cnc3n(-c3cccc(-c4ccc(CN5CCN(C6CCCC6)CC5)cc4)c3)c2=O)CC1)c1cnccn1. The van der Waals surface area contributed by atoms with E-state index in [1.165, 1.54) is 59.0 Å². The molecule has 52 heavy (non-hydrogen) atoms. The molecule has 2 saturated carbocycles. The summed E-state index contributed by atoms with van der Waals surface area (Å²) in [6, 6.07) is 17.5. The minimum Gasteiger partial charge on any atom is -0.348 e. The molecule has 8 rings (SSSR count). The van der Waals surface area contributed by atoms with Gasteiger partial charge in [0.15, 0.2) is 5.65 Å². The molecule has 1 N–H and O–H groups in total. The lowest BCUT2D eigenvalue weighted by Gasteiger charge is -2.38. The molecule has 4 heterocycles. The quantitative estimate of drug-likeness (QED) is 0.237. The van der Waals surface area contributed by atoms with E-state index < -0.39 is 23.1 Å². The Morgan fingerprint density at radius 1 is 0.808 bits per heavy atom. The second kappa shape index (κ2) is 14.9. The van der Waals surface area contributed by atoms with Gasteiger partial charge in [0.25, 0.3) is 11.5 Å². The molecule has 5 aromatic rings. The van der Waals surface area contributed by atoms with Crippen LogP contribution in [0.15, 0.2) is 89.0 Å². The molecule has 0 spiro atoms. The Hall–Kier alpha value is -5.07. The summed E-state index contributed by atoms with van der Waals surface area (Å²) in [7, 11) is 0. The fourth-order valence-corrected chi connectivity index (χ4v) is 8.33. The minimum absolute atomic E-state index is 0.0384. The van der Waals surface area contributed by atoms with E-state index in [-0.39, 0.29) is 28.7 Å². The number of amides is 1. The maximum Gasteiger partial charge on any atom is 0.337 e. The van der Waals surface area contributed by atoms with Gasteiger partial charge in [0.2, 0.25) is 0 Å². The predicted octanol–water partition coefficient (Wildman–Crippen LogP) is 5.12. The van der Waals surface area contributed by atoms with Gasteiger partial charge in [-0.1, -0.05) is 49.2 Å². The van der Waals surface area contributed by atoms with E-state index in [0.29, 0.717) is 31.4 Å². The smallest absolute Gasteiger partial charge is 0.337 e. The molecule has 268 valence electrons. The van der Waals surface area contributed by atoms with Crippen molar-refractivity contribution in [1.82, 2.24) is 39.2 Å². The molecule has 0 atom stereocenters. The normalized spacial score (nSPS) is 20.3. The van der Waals surface area contributed by atoms with Crippen molar-refractivity contribution in [2.24, 2.45) is 0 Å². The number of carbonyl (C=O) groups excluding carboxylic acids is 1. The molecule has 12 heteroatoms. The van der Waals surface area contributed by atoms with Gasteiger partial charge in [-0.2, -0.15) is 0 Å². The van der Waals surface area contributed by atoms with Crippen LogP contribution in [0.3, 0.4) is 0 Å². The number of aromatic nitrogens is 5. The highest BCUT2D eigenvalue weighted by atomic mass is 19.1. The van der Waals surface area contributed by atoms with Crippen LogP contribution in [0.25, 0.3) is 27.8 Å². The van der Waals surface area contributed by atoms with Gasteiger partial charge < -0.3 is 5.32 Å². The van der Waals surface area contributed by atoms with Gasteiger partial charge in [-0.15, -0.1) is 0 Å². The van der Waals surface area contributed by atoms with E-state index in [9.17, 15) is 18.8 Å². The highest BCUT2D eigenvalue weighted by molar-refractivity contribution is 5.92. The van der Waals surface area contributed by atoms with Crippen LogP contribution < -0.4 is 16.6 Å².